The fourth-order valence-electron chi connectivity index (χ4n) is 2.86. The summed E-state index contributed by atoms with van der Waals surface area (Å²) in [5.41, 5.74) is 2.55. The van der Waals surface area contributed by atoms with Gasteiger partial charge in [-0.2, -0.15) is 0 Å². The van der Waals surface area contributed by atoms with Gasteiger partial charge in [-0.05, 0) is 36.3 Å². The molecule has 1 N–H and O–H groups in total. The van der Waals surface area contributed by atoms with E-state index in [1.807, 2.05) is 12.1 Å². The van der Waals surface area contributed by atoms with Gasteiger partial charge in [0.2, 0.25) is 0 Å². The summed E-state index contributed by atoms with van der Waals surface area (Å²) in [4.78, 5) is 0. The van der Waals surface area contributed by atoms with Gasteiger partial charge < -0.3 is 5.11 Å². The molecule has 1 aromatic carbocycles. The van der Waals surface area contributed by atoms with Crippen LogP contribution in [-0.2, 0) is 0 Å². The monoisotopic (exact) mass is 262 g/mol. The van der Waals surface area contributed by atoms with E-state index in [4.69, 9.17) is 0 Å². The van der Waals surface area contributed by atoms with Gasteiger partial charge in [-0.3, -0.25) is 0 Å². The number of aromatic hydroxyl groups is 1. The summed E-state index contributed by atoms with van der Waals surface area (Å²) in [7, 11) is 0. The molecule has 0 saturated heterocycles. The van der Waals surface area contributed by atoms with Crippen LogP contribution in [0.5, 0.6) is 5.75 Å². The van der Waals surface area contributed by atoms with E-state index < -0.39 is 0 Å². The number of hydrogen-bond acceptors (Lipinski definition) is 1. The molecule has 0 heterocycles. The van der Waals surface area contributed by atoms with Crippen LogP contribution in [0.2, 0.25) is 0 Å². The van der Waals surface area contributed by atoms with Gasteiger partial charge in [0.05, 0.1) is 0 Å². The molecule has 0 radical (unpaired) electrons. The largest absolute Gasteiger partial charge is 0.508 e. The molecule has 0 bridgehead atoms. The van der Waals surface area contributed by atoms with E-state index in [1.54, 1.807) is 0 Å². The highest BCUT2D eigenvalue weighted by Crippen LogP contribution is 2.37. The lowest BCUT2D eigenvalue weighted by Gasteiger charge is -2.22. The summed E-state index contributed by atoms with van der Waals surface area (Å²) in [5, 5.41) is 10.2. The van der Waals surface area contributed by atoms with E-state index in [9.17, 15) is 5.11 Å². The van der Waals surface area contributed by atoms with Crippen molar-refractivity contribution in [3.8, 4) is 5.75 Å². The summed E-state index contributed by atoms with van der Waals surface area (Å²) >= 11 is 0. The first-order chi connectivity index (χ1) is 9.11. The van der Waals surface area contributed by atoms with E-state index in [1.165, 1.54) is 49.7 Å². The van der Waals surface area contributed by atoms with Crippen LogP contribution in [0.4, 0.5) is 0 Å². The highest BCUT2D eigenvalue weighted by molar-refractivity contribution is 5.43. The van der Waals surface area contributed by atoms with Crippen molar-refractivity contribution in [2.75, 3.05) is 0 Å². The zero-order chi connectivity index (χ0) is 14.3. The van der Waals surface area contributed by atoms with E-state index in [0.717, 1.165) is 0 Å². The molecule has 0 amide bonds. The van der Waals surface area contributed by atoms with Gasteiger partial charge in [0.25, 0.3) is 0 Å². The molecule has 0 aliphatic heterocycles. The molecule has 1 rings (SSSR count). The molecule has 0 aromatic heterocycles. The molecule has 19 heavy (non-hydrogen) atoms. The smallest absolute Gasteiger partial charge is 0.119 e. The average Bonchev–Trinajstić information content (AvgIpc) is 2.41. The lowest BCUT2D eigenvalue weighted by Crippen LogP contribution is -2.04. The Hall–Kier alpha value is -0.980. The molecule has 1 nitrogen and oxygen atoms in total. The molecular weight excluding hydrogens is 232 g/mol. The van der Waals surface area contributed by atoms with Crippen LogP contribution in [0.15, 0.2) is 18.2 Å². The van der Waals surface area contributed by atoms with E-state index >= 15 is 0 Å². The Morgan fingerprint density at radius 3 is 2.11 bits per heavy atom. The quantitative estimate of drug-likeness (QED) is 0.611. The zero-order valence-electron chi connectivity index (χ0n) is 13.1. The van der Waals surface area contributed by atoms with Gasteiger partial charge in [-0.1, -0.05) is 65.5 Å². The minimum atomic E-state index is 0.459. The highest BCUT2D eigenvalue weighted by atomic mass is 16.3. The lowest BCUT2D eigenvalue weighted by molar-refractivity contribution is 0.454. The van der Waals surface area contributed by atoms with Gasteiger partial charge in [0.15, 0.2) is 0 Å². The zero-order valence-corrected chi connectivity index (χ0v) is 13.1. The number of rotatable bonds is 8. The Balaban J connectivity index is 2.93. The third kappa shape index (κ3) is 4.56. The standard InChI is InChI=1S/C18H30O/c1-5-7-10-14(3)16-12-9-13-17(19)18(16)15(4)11-8-6-2/h9,12-15,19H,5-8,10-11H2,1-4H3. The van der Waals surface area contributed by atoms with Crippen molar-refractivity contribution in [2.45, 2.75) is 78.1 Å². The Morgan fingerprint density at radius 2 is 1.53 bits per heavy atom. The second-order valence-electron chi connectivity index (χ2n) is 5.87. The van der Waals surface area contributed by atoms with Gasteiger partial charge in [0, 0.05) is 5.56 Å². The summed E-state index contributed by atoms with van der Waals surface area (Å²) < 4.78 is 0. The maximum absolute atomic E-state index is 10.2. The number of hydrogen-bond donors (Lipinski definition) is 1. The molecule has 0 fully saturated rings. The van der Waals surface area contributed by atoms with Crippen molar-refractivity contribution < 1.29 is 5.11 Å². The first-order valence-electron chi connectivity index (χ1n) is 7.93. The molecule has 0 spiro atoms. The molecule has 0 aliphatic carbocycles. The van der Waals surface area contributed by atoms with Gasteiger partial charge in [-0.15, -0.1) is 0 Å². The molecule has 0 saturated carbocycles. The van der Waals surface area contributed by atoms with Gasteiger partial charge in [-0.25, -0.2) is 0 Å². The Kier molecular flexibility index (Phi) is 6.97. The summed E-state index contributed by atoms with van der Waals surface area (Å²) in [5.74, 6) is 1.50. The fraction of sp³-hybridized carbons (Fsp3) is 0.667. The Morgan fingerprint density at radius 1 is 0.947 bits per heavy atom. The van der Waals surface area contributed by atoms with Crippen molar-refractivity contribution in [1.82, 2.24) is 0 Å². The van der Waals surface area contributed by atoms with Gasteiger partial charge >= 0.3 is 0 Å². The van der Waals surface area contributed by atoms with Crippen LogP contribution < -0.4 is 0 Å². The van der Waals surface area contributed by atoms with Gasteiger partial charge in [0.1, 0.15) is 5.75 Å². The number of phenols is 1. The first kappa shape index (κ1) is 16.1. The third-order valence-corrected chi connectivity index (χ3v) is 4.12. The lowest BCUT2D eigenvalue weighted by atomic mass is 9.84. The van der Waals surface area contributed by atoms with Crippen molar-refractivity contribution >= 4 is 0 Å². The Bertz CT molecular complexity index is 370. The number of unbranched alkanes of at least 4 members (excludes halogenated alkanes) is 2. The van der Waals surface area contributed by atoms with Crippen LogP contribution in [0.25, 0.3) is 0 Å². The maximum Gasteiger partial charge on any atom is 0.119 e. The second kappa shape index (κ2) is 8.24. The summed E-state index contributed by atoms with van der Waals surface area (Å²) in [6.07, 6.45) is 7.34. The first-order valence-corrected chi connectivity index (χ1v) is 7.93. The van der Waals surface area contributed by atoms with Crippen LogP contribution in [0.1, 0.15) is 89.2 Å². The number of phenolic OH excluding ortho intramolecular Hbond substituents is 1. The van der Waals surface area contributed by atoms with E-state index in [0.29, 0.717) is 17.6 Å². The van der Waals surface area contributed by atoms with E-state index in [-0.39, 0.29) is 0 Å². The SMILES string of the molecule is CCCCC(C)c1cccc(O)c1C(C)CCCC. The average molecular weight is 262 g/mol. The minimum absolute atomic E-state index is 0.459. The van der Waals surface area contributed by atoms with Crippen molar-refractivity contribution in [3.63, 3.8) is 0 Å². The van der Waals surface area contributed by atoms with Crippen molar-refractivity contribution in [1.29, 1.82) is 0 Å². The van der Waals surface area contributed by atoms with Crippen molar-refractivity contribution in [3.05, 3.63) is 29.3 Å². The fourth-order valence-corrected chi connectivity index (χ4v) is 2.86. The molecular formula is C18H30O. The molecule has 108 valence electrons. The predicted octanol–water partition coefficient (Wildman–Crippen LogP) is 5.98. The van der Waals surface area contributed by atoms with Crippen molar-refractivity contribution in [2.24, 2.45) is 0 Å². The molecule has 1 aromatic rings. The highest BCUT2D eigenvalue weighted by Gasteiger charge is 2.18. The minimum Gasteiger partial charge on any atom is -0.508 e. The predicted molar refractivity (Wildman–Crippen MR) is 84.0 cm³/mol. The van der Waals surface area contributed by atoms with Crippen LogP contribution >= 0.6 is 0 Å². The summed E-state index contributed by atoms with van der Waals surface area (Å²) in [6, 6.07) is 6.04. The maximum atomic E-state index is 10.2. The third-order valence-electron chi connectivity index (χ3n) is 4.12. The normalized spacial score (nSPS) is 14.3. The molecule has 2 atom stereocenters. The molecule has 2 unspecified atom stereocenters. The molecule has 1 heteroatoms. The number of benzene rings is 1. The van der Waals surface area contributed by atoms with E-state index in [2.05, 4.69) is 33.8 Å². The van der Waals surface area contributed by atoms with Crippen LogP contribution in [0.3, 0.4) is 0 Å². The topological polar surface area (TPSA) is 20.2 Å². The Labute approximate surface area is 119 Å². The molecule has 0 aliphatic rings. The van der Waals surface area contributed by atoms with Crippen LogP contribution in [-0.4, -0.2) is 5.11 Å². The van der Waals surface area contributed by atoms with Crippen LogP contribution in [0, 0.1) is 0 Å². The summed E-state index contributed by atoms with van der Waals surface area (Å²) in [6.45, 7) is 9.00. The second-order valence-corrected chi connectivity index (χ2v) is 5.87.